The molecule has 1 aromatic carbocycles. The number of nitrogens with zero attached hydrogens (tertiary/aromatic N) is 1. The summed E-state index contributed by atoms with van der Waals surface area (Å²) in [5.74, 6) is 0.669. The van der Waals surface area contributed by atoms with Crippen LogP contribution < -0.4 is 0 Å². The molecule has 2 rings (SSSR count). The lowest BCUT2D eigenvalue weighted by Gasteiger charge is -2.35. The molecule has 23 heavy (non-hydrogen) atoms. The molecule has 0 aromatic heterocycles. The van der Waals surface area contributed by atoms with Gasteiger partial charge in [0.2, 0.25) is 0 Å². The van der Waals surface area contributed by atoms with Crippen molar-refractivity contribution < 1.29 is 0 Å². The molecule has 0 N–H and O–H groups in total. The maximum absolute atomic E-state index is 9.70. The van der Waals surface area contributed by atoms with Gasteiger partial charge in [0.05, 0.1) is 11.5 Å². The van der Waals surface area contributed by atoms with Crippen molar-refractivity contribution in [2.24, 2.45) is 5.41 Å². The van der Waals surface area contributed by atoms with Crippen molar-refractivity contribution >= 4 is 0 Å². The van der Waals surface area contributed by atoms with Crippen molar-refractivity contribution in [3.63, 3.8) is 0 Å². The third kappa shape index (κ3) is 5.10. The summed E-state index contributed by atoms with van der Waals surface area (Å²) in [4.78, 5) is 0. The summed E-state index contributed by atoms with van der Waals surface area (Å²) < 4.78 is 0. The Morgan fingerprint density at radius 3 is 2.26 bits per heavy atom. The highest BCUT2D eigenvalue weighted by atomic mass is 14.4. The quantitative estimate of drug-likeness (QED) is 0.485. The average Bonchev–Trinajstić information content (AvgIpc) is 2.60. The first-order valence-electron chi connectivity index (χ1n) is 9.73. The zero-order chi connectivity index (χ0) is 16.5. The summed E-state index contributed by atoms with van der Waals surface area (Å²) in [6.07, 6.45) is 13.2. The van der Waals surface area contributed by atoms with Gasteiger partial charge in [0.15, 0.2) is 0 Å². The second-order valence-electron chi connectivity index (χ2n) is 7.47. The minimum absolute atomic E-state index is 0.0214. The first-order chi connectivity index (χ1) is 11.2. The summed E-state index contributed by atoms with van der Waals surface area (Å²) in [7, 11) is 0. The molecule has 0 heterocycles. The van der Waals surface area contributed by atoms with Crippen LogP contribution in [-0.2, 0) is 6.42 Å². The molecular weight excluding hydrogens is 278 g/mol. The van der Waals surface area contributed by atoms with Crippen LogP contribution in [0.2, 0.25) is 0 Å². The maximum atomic E-state index is 9.70. The molecule has 126 valence electrons. The number of hydrogen-bond donors (Lipinski definition) is 0. The second-order valence-corrected chi connectivity index (χ2v) is 7.47. The van der Waals surface area contributed by atoms with Crippen LogP contribution in [0.5, 0.6) is 0 Å². The molecule has 1 saturated carbocycles. The van der Waals surface area contributed by atoms with E-state index in [2.05, 4.69) is 44.2 Å². The molecule has 0 saturated heterocycles. The highest BCUT2D eigenvalue weighted by Gasteiger charge is 2.35. The van der Waals surface area contributed by atoms with Crippen LogP contribution in [0.4, 0.5) is 0 Å². The number of hydrogen-bond acceptors (Lipinski definition) is 1. The standard InChI is InChI=1S/C22H33N/c1-3-5-6-7-15-22(18-23)16-13-21(14-17-22)20-11-9-19(8-4-2)10-12-20/h9-12,21H,3-8,13-17H2,1-2H3. The fourth-order valence-electron chi connectivity index (χ4n) is 4.06. The first-order valence-corrected chi connectivity index (χ1v) is 9.73. The monoisotopic (exact) mass is 311 g/mol. The third-order valence-corrected chi connectivity index (χ3v) is 5.68. The molecule has 1 aliphatic rings. The Labute approximate surface area is 143 Å². The van der Waals surface area contributed by atoms with Gasteiger partial charge in [-0.2, -0.15) is 5.26 Å². The zero-order valence-electron chi connectivity index (χ0n) is 15.1. The molecule has 1 aliphatic carbocycles. The molecule has 0 spiro atoms. The summed E-state index contributed by atoms with van der Waals surface area (Å²) in [5.41, 5.74) is 2.92. The van der Waals surface area contributed by atoms with Crippen molar-refractivity contribution in [3.05, 3.63) is 35.4 Å². The molecule has 1 aromatic rings. The Morgan fingerprint density at radius 1 is 1.00 bits per heavy atom. The number of benzene rings is 1. The number of rotatable bonds is 8. The fourth-order valence-corrected chi connectivity index (χ4v) is 4.06. The van der Waals surface area contributed by atoms with Crippen LogP contribution in [0, 0.1) is 16.7 Å². The minimum Gasteiger partial charge on any atom is -0.198 e. The van der Waals surface area contributed by atoms with Gasteiger partial charge in [-0.1, -0.05) is 70.2 Å². The zero-order valence-corrected chi connectivity index (χ0v) is 15.1. The topological polar surface area (TPSA) is 23.8 Å². The molecule has 1 fully saturated rings. The fraction of sp³-hybridized carbons (Fsp3) is 0.682. The Hall–Kier alpha value is -1.29. The smallest absolute Gasteiger partial charge is 0.0689 e. The molecule has 1 heteroatoms. The van der Waals surface area contributed by atoms with Crippen molar-refractivity contribution in [1.29, 1.82) is 5.26 Å². The van der Waals surface area contributed by atoms with Crippen LogP contribution in [0.3, 0.4) is 0 Å². The molecule has 1 nitrogen and oxygen atoms in total. The lowest BCUT2D eigenvalue weighted by Crippen LogP contribution is -2.25. The Kier molecular flexibility index (Phi) is 7.15. The van der Waals surface area contributed by atoms with E-state index in [0.717, 1.165) is 19.3 Å². The predicted octanol–water partition coefficient (Wildman–Crippen LogP) is 6.78. The van der Waals surface area contributed by atoms with Gasteiger partial charge in [-0.3, -0.25) is 0 Å². The van der Waals surface area contributed by atoms with Crippen LogP contribution in [0.15, 0.2) is 24.3 Å². The van der Waals surface area contributed by atoms with Gasteiger partial charge in [0, 0.05) is 0 Å². The first kappa shape index (κ1) is 18.1. The van der Waals surface area contributed by atoms with Crippen molar-refractivity contribution in [2.45, 2.75) is 90.4 Å². The molecule has 0 amide bonds. The van der Waals surface area contributed by atoms with E-state index in [1.807, 2.05) is 0 Å². The van der Waals surface area contributed by atoms with Crippen LogP contribution in [0.25, 0.3) is 0 Å². The van der Waals surface area contributed by atoms with Crippen molar-refractivity contribution in [2.75, 3.05) is 0 Å². The van der Waals surface area contributed by atoms with E-state index < -0.39 is 0 Å². The lowest BCUT2D eigenvalue weighted by atomic mass is 9.67. The predicted molar refractivity (Wildman–Crippen MR) is 98.5 cm³/mol. The number of nitriles is 1. The van der Waals surface area contributed by atoms with E-state index in [1.165, 1.54) is 62.5 Å². The Bertz CT molecular complexity index is 486. The van der Waals surface area contributed by atoms with Gasteiger partial charge in [-0.05, 0) is 55.6 Å². The average molecular weight is 312 g/mol. The molecule has 0 aliphatic heterocycles. The summed E-state index contributed by atoms with van der Waals surface area (Å²) in [6.45, 7) is 4.48. The van der Waals surface area contributed by atoms with Gasteiger partial charge < -0.3 is 0 Å². The minimum atomic E-state index is -0.0214. The van der Waals surface area contributed by atoms with Crippen molar-refractivity contribution in [3.8, 4) is 6.07 Å². The van der Waals surface area contributed by atoms with Crippen LogP contribution >= 0.6 is 0 Å². The van der Waals surface area contributed by atoms with Gasteiger partial charge in [-0.15, -0.1) is 0 Å². The summed E-state index contributed by atoms with van der Waals surface area (Å²) >= 11 is 0. The maximum Gasteiger partial charge on any atom is 0.0689 e. The Morgan fingerprint density at radius 2 is 1.70 bits per heavy atom. The SMILES string of the molecule is CCCCCCC1(C#N)CCC(c2ccc(CCC)cc2)CC1. The number of aryl methyl sites for hydroxylation is 1. The molecule has 0 unspecified atom stereocenters. The van der Waals surface area contributed by atoms with E-state index in [4.69, 9.17) is 0 Å². The highest BCUT2D eigenvalue weighted by Crippen LogP contribution is 2.45. The molecular formula is C22H33N. The largest absolute Gasteiger partial charge is 0.198 e. The molecule has 0 radical (unpaired) electrons. The van der Waals surface area contributed by atoms with Gasteiger partial charge in [-0.25, -0.2) is 0 Å². The van der Waals surface area contributed by atoms with E-state index in [1.54, 1.807) is 0 Å². The van der Waals surface area contributed by atoms with Crippen LogP contribution in [-0.4, -0.2) is 0 Å². The van der Waals surface area contributed by atoms with E-state index in [0.29, 0.717) is 5.92 Å². The van der Waals surface area contributed by atoms with Gasteiger partial charge >= 0.3 is 0 Å². The normalized spacial score (nSPS) is 24.3. The third-order valence-electron chi connectivity index (χ3n) is 5.68. The van der Waals surface area contributed by atoms with Crippen LogP contribution in [0.1, 0.15) is 95.1 Å². The Balaban J connectivity index is 1.87. The second kappa shape index (κ2) is 9.11. The van der Waals surface area contributed by atoms with E-state index in [-0.39, 0.29) is 5.41 Å². The molecule has 0 bridgehead atoms. The van der Waals surface area contributed by atoms with Gasteiger partial charge in [0.25, 0.3) is 0 Å². The highest BCUT2D eigenvalue weighted by molar-refractivity contribution is 5.26. The van der Waals surface area contributed by atoms with E-state index >= 15 is 0 Å². The summed E-state index contributed by atoms with van der Waals surface area (Å²) in [6, 6.07) is 12.0. The lowest BCUT2D eigenvalue weighted by molar-refractivity contribution is 0.223. The van der Waals surface area contributed by atoms with Crippen molar-refractivity contribution in [1.82, 2.24) is 0 Å². The molecule has 0 atom stereocenters. The summed E-state index contributed by atoms with van der Waals surface area (Å²) in [5, 5.41) is 9.70. The number of unbranched alkanes of at least 4 members (excludes halogenated alkanes) is 3. The van der Waals surface area contributed by atoms with E-state index in [9.17, 15) is 5.26 Å². The van der Waals surface area contributed by atoms with Gasteiger partial charge in [0.1, 0.15) is 0 Å².